The van der Waals surface area contributed by atoms with Gasteiger partial charge < -0.3 is 9.63 Å². The maximum atomic E-state index is 14.3. The maximum Gasteiger partial charge on any atom is 0.314 e. The van der Waals surface area contributed by atoms with Crippen LogP contribution in [-0.4, -0.2) is 21.2 Å². The van der Waals surface area contributed by atoms with E-state index in [2.05, 4.69) is 5.16 Å². The molecule has 38 heavy (non-hydrogen) atoms. The molecule has 2 aromatic heterocycles. The smallest absolute Gasteiger partial charge is 0.314 e. The topological polar surface area (TPSA) is 76.2 Å². The van der Waals surface area contributed by atoms with E-state index in [1.807, 2.05) is 67.6 Å². The number of pyridine rings is 1. The van der Waals surface area contributed by atoms with Crippen molar-refractivity contribution in [3.63, 3.8) is 0 Å². The third-order valence-corrected chi connectivity index (χ3v) is 7.38. The van der Waals surface area contributed by atoms with E-state index in [-0.39, 0.29) is 5.82 Å². The first kappa shape index (κ1) is 23.8. The molecule has 1 N–H and O–H groups in total. The number of benzene rings is 3. The summed E-state index contributed by atoms with van der Waals surface area (Å²) < 4.78 is 20.0. The number of halogens is 1. The number of carboxylic acids is 1. The van der Waals surface area contributed by atoms with Crippen LogP contribution in [0, 0.1) is 12.7 Å². The van der Waals surface area contributed by atoms with Gasteiger partial charge in [-0.2, -0.15) is 0 Å². The number of carbonyl (C=O) groups is 1. The van der Waals surface area contributed by atoms with Crippen LogP contribution in [0.4, 0.5) is 4.39 Å². The average Bonchev–Trinajstić information content (AvgIpc) is 3.69. The van der Waals surface area contributed by atoms with E-state index in [1.165, 1.54) is 6.07 Å². The van der Waals surface area contributed by atoms with E-state index in [0.717, 1.165) is 39.2 Å². The third kappa shape index (κ3) is 4.28. The normalized spacial score (nSPS) is 13.8. The van der Waals surface area contributed by atoms with E-state index in [0.29, 0.717) is 36.3 Å². The Morgan fingerprint density at radius 3 is 2.21 bits per heavy atom. The lowest BCUT2D eigenvalue weighted by molar-refractivity contribution is -0.140. The van der Waals surface area contributed by atoms with Crippen LogP contribution in [0.2, 0.25) is 0 Å². The number of carboxylic acid groups (broad SMARTS) is 1. The Balaban J connectivity index is 1.25. The van der Waals surface area contributed by atoms with Gasteiger partial charge in [-0.15, -0.1) is 0 Å². The van der Waals surface area contributed by atoms with Gasteiger partial charge in [0.2, 0.25) is 0 Å². The second kappa shape index (κ2) is 9.38. The van der Waals surface area contributed by atoms with Gasteiger partial charge in [0.05, 0.1) is 16.8 Å². The molecular formula is C32H25FN2O3. The number of aryl methyl sites for hydroxylation is 1. The van der Waals surface area contributed by atoms with E-state index in [4.69, 9.17) is 9.51 Å². The van der Waals surface area contributed by atoms with Crippen molar-refractivity contribution < 1.29 is 18.8 Å². The Morgan fingerprint density at radius 1 is 0.895 bits per heavy atom. The Bertz CT molecular complexity index is 1630. The van der Waals surface area contributed by atoms with Gasteiger partial charge in [-0.25, -0.2) is 4.39 Å². The van der Waals surface area contributed by atoms with E-state index in [1.54, 1.807) is 24.3 Å². The summed E-state index contributed by atoms with van der Waals surface area (Å²) in [6.07, 6.45) is 1.89. The highest BCUT2D eigenvalue weighted by Gasteiger charge is 2.51. The Morgan fingerprint density at radius 2 is 1.55 bits per heavy atom. The number of aliphatic carboxylic acids is 1. The van der Waals surface area contributed by atoms with Crippen LogP contribution in [0.3, 0.4) is 0 Å². The minimum absolute atomic E-state index is 0.303. The number of aromatic nitrogens is 2. The predicted molar refractivity (Wildman–Crippen MR) is 143 cm³/mol. The Labute approximate surface area is 219 Å². The van der Waals surface area contributed by atoms with Crippen molar-refractivity contribution in [1.29, 1.82) is 0 Å². The number of nitrogens with zero attached hydrogens (tertiary/aromatic N) is 2. The molecule has 5 aromatic rings. The molecule has 1 fully saturated rings. The molecule has 3 aromatic carbocycles. The largest absolute Gasteiger partial charge is 0.481 e. The molecule has 0 atom stereocenters. The molecule has 5 nitrogen and oxygen atoms in total. The number of hydrogen-bond donors (Lipinski definition) is 1. The zero-order valence-corrected chi connectivity index (χ0v) is 20.8. The lowest BCUT2D eigenvalue weighted by Crippen LogP contribution is -2.19. The van der Waals surface area contributed by atoms with Gasteiger partial charge in [0.15, 0.2) is 5.76 Å². The van der Waals surface area contributed by atoms with Crippen LogP contribution in [0.1, 0.15) is 35.4 Å². The van der Waals surface area contributed by atoms with Crippen LogP contribution in [-0.2, 0) is 16.6 Å². The Kier molecular flexibility index (Phi) is 5.87. The molecule has 6 rings (SSSR count). The molecular weight excluding hydrogens is 479 g/mol. The van der Waals surface area contributed by atoms with Crippen molar-refractivity contribution in [3.8, 4) is 33.7 Å². The fraction of sp³-hybridized carbons (Fsp3) is 0.156. The van der Waals surface area contributed by atoms with Crippen molar-refractivity contribution in [2.24, 2.45) is 0 Å². The molecule has 6 heteroatoms. The van der Waals surface area contributed by atoms with Gasteiger partial charge in [-0.05, 0) is 60.7 Å². The molecule has 0 unspecified atom stereocenters. The number of rotatable bonds is 7. The van der Waals surface area contributed by atoms with Gasteiger partial charge in [-0.1, -0.05) is 71.9 Å². The SMILES string of the molecule is Cc1noc(-c2ccc(-c3ccc(C4(C(=O)O)CC4)cc3)cc2)c1Cc1cccc(-c2ccccc2F)n1. The monoisotopic (exact) mass is 504 g/mol. The molecule has 0 spiro atoms. The van der Waals surface area contributed by atoms with E-state index in [9.17, 15) is 14.3 Å². The third-order valence-electron chi connectivity index (χ3n) is 7.38. The quantitative estimate of drug-likeness (QED) is 0.253. The summed E-state index contributed by atoms with van der Waals surface area (Å²) in [6.45, 7) is 1.91. The van der Waals surface area contributed by atoms with E-state index < -0.39 is 11.4 Å². The second-order valence-electron chi connectivity index (χ2n) is 9.79. The summed E-state index contributed by atoms with van der Waals surface area (Å²) in [5, 5.41) is 13.7. The van der Waals surface area contributed by atoms with Gasteiger partial charge in [-0.3, -0.25) is 9.78 Å². The average molecular weight is 505 g/mol. The highest BCUT2D eigenvalue weighted by Crippen LogP contribution is 2.48. The minimum atomic E-state index is -0.748. The molecule has 2 heterocycles. The molecule has 1 aliphatic carbocycles. The minimum Gasteiger partial charge on any atom is -0.481 e. The summed E-state index contributed by atoms with van der Waals surface area (Å²) in [5.41, 5.74) is 6.67. The standard InChI is InChI=1S/C32H25FN2O3/c1-20-27(19-25-5-4-8-29(34-25)26-6-2-3-7-28(26)33)30(38-35-20)23-11-9-21(10-12-23)22-13-15-24(16-14-22)32(17-18-32)31(36)37/h2-16H,17-19H2,1H3,(H,36,37). The van der Waals surface area contributed by atoms with Crippen LogP contribution in [0.15, 0.2) is 95.5 Å². The van der Waals surface area contributed by atoms with Gasteiger partial charge in [0.25, 0.3) is 0 Å². The fourth-order valence-corrected chi connectivity index (χ4v) is 4.95. The van der Waals surface area contributed by atoms with E-state index >= 15 is 0 Å². The van der Waals surface area contributed by atoms with Crippen LogP contribution < -0.4 is 0 Å². The maximum absolute atomic E-state index is 14.3. The molecule has 0 bridgehead atoms. The first-order valence-electron chi connectivity index (χ1n) is 12.6. The van der Waals surface area contributed by atoms with Crippen molar-refractivity contribution in [2.75, 3.05) is 0 Å². The molecule has 0 amide bonds. The van der Waals surface area contributed by atoms with Gasteiger partial charge in [0.1, 0.15) is 5.82 Å². The summed E-state index contributed by atoms with van der Waals surface area (Å²) in [7, 11) is 0. The molecule has 1 aliphatic rings. The summed E-state index contributed by atoms with van der Waals surface area (Å²) in [4.78, 5) is 16.3. The Hall–Kier alpha value is -4.58. The molecule has 0 aliphatic heterocycles. The molecule has 0 saturated heterocycles. The first-order chi connectivity index (χ1) is 18.4. The number of hydrogen-bond acceptors (Lipinski definition) is 4. The van der Waals surface area contributed by atoms with Crippen molar-refractivity contribution >= 4 is 5.97 Å². The zero-order valence-electron chi connectivity index (χ0n) is 20.8. The highest BCUT2D eigenvalue weighted by atomic mass is 19.1. The van der Waals surface area contributed by atoms with Crippen LogP contribution >= 0.6 is 0 Å². The van der Waals surface area contributed by atoms with Gasteiger partial charge >= 0.3 is 5.97 Å². The van der Waals surface area contributed by atoms with Crippen LogP contribution in [0.25, 0.3) is 33.7 Å². The van der Waals surface area contributed by atoms with Gasteiger partial charge in [0, 0.05) is 28.8 Å². The first-order valence-corrected chi connectivity index (χ1v) is 12.6. The fourth-order valence-electron chi connectivity index (χ4n) is 4.95. The summed E-state index contributed by atoms with van der Waals surface area (Å²) in [5.74, 6) is -0.371. The van der Waals surface area contributed by atoms with Crippen molar-refractivity contribution in [3.05, 3.63) is 119 Å². The molecule has 188 valence electrons. The molecule has 1 saturated carbocycles. The second-order valence-corrected chi connectivity index (χ2v) is 9.79. The predicted octanol–water partition coefficient (Wildman–Crippen LogP) is 7.23. The van der Waals surface area contributed by atoms with Crippen molar-refractivity contribution in [1.82, 2.24) is 10.1 Å². The molecule has 0 radical (unpaired) electrons. The highest BCUT2D eigenvalue weighted by molar-refractivity contribution is 5.85. The van der Waals surface area contributed by atoms with Crippen LogP contribution in [0.5, 0.6) is 0 Å². The zero-order chi connectivity index (χ0) is 26.3. The van der Waals surface area contributed by atoms with Crippen molar-refractivity contribution in [2.45, 2.75) is 31.6 Å². The summed E-state index contributed by atoms with van der Waals surface area (Å²) in [6, 6.07) is 28.1. The summed E-state index contributed by atoms with van der Waals surface area (Å²) >= 11 is 0. The lowest BCUT2D eigenvalue weighted by Gasteiger charge is -2.11. The lowest BCUT2D eigenvalue weighted by atomic mass is 9.93.